The summed E-state index contributed by atoms with van der Waals surface area (Å²) in [6, 6.07) is 15.2. The highest BCUT2D eigenvalue weighted by molar-refractivity contribution is 7.90. The van der Waals surface area contributed by atoms with Crippen molar-refractivity contribution in [2.45, 2.75) is 11.0 Å². The Bertz CT molecular complexity index is 791. The molecule has 0 spiro atoms. The van der Waals surface area contributed by atoms with E-state index in [1.165, 1.54) is 12.1 Å². The quantitative estimate of drug-likeness (QED) is 0.840. The fourth-order valence-corrected chi connectivity index (χ4v) is 2.84. The molecule has 0 radical (unpaired) electrons. The van der Waals surface area contributed by atoms with E-state index >= 15 is 0 Å². The largest absolute Gasteiger partial charge is 0.375 e. The van der Waals surface area contributed by atoms with Crippen LogP contribution >= 0.6 is 0 Å². The van der Waals surface area contributed by atoms with Crippen LogP contribution in [0.3, 0.4) is 0 Å². The third-order valence-corrected chi connectivity index (χ3v) is 4.53. The Balaban J connectivity index is 1.96. The summed E-state index contributed by atoms with van der Waals surface area (Å²) in [5.41, 5.74) is 1.36. The van der Waals surface area contributed by atoms with Gasteiger partial charge in [0.15, 0.2) is 9.84 Å². The minimum atomic E-state index is -3.32. The summed E-state index contributed by atoms with van der Waals surface area (Å²) in [6.45, 7) is 0.290. The Morgan fingerprint density at radius 2 is 1.83 bits per heavy atom. The summed E-state index contributed by atoms with van der Waals surface area (Å²) >= 11 is 0. The van der Waals surface area contributed by atoms with E-state index in [1.54, 1.807) is 19.2 Å². The van der Waals surface area contributed by atoms with Crippen molar-refractivity contribution in [3.63, 3.8) is 0 Å². The highest BCUT2D eigenvalue weighted by Gasteiger charge is 2.12. The van der Waals surface area contributed by atoms with E-state index in [4.69, 9.17) is 4.74 Å². The van der Waals surface area contributed by atoms with Crippen LogP contribution in [0.25, 0.3) is 0 Å². The van der Waals surface area contributed by atoms with Crippen molar-refractivity contribution in [3.8, 4) is 0 Å². The van der Waals surface area contributed by atoms with Crippen molar-refractivity contribution in [3.05, 3.63) is 60.2 Å². The van der Waals surface area contributed by atoms with Crippen LogP contribution in [0.1, 0.15) is 11.7 Å². The van der Waals surface area contributed by atoms with Gasteiger partial charge in [0.05, 0.1) is 11.0 Å². The number of amides is 2. The van der Waals surface area contributed by atoms with E-state index in [2.05, 4.69) is 10.6 Å². The topological polar surface area (TPSA) is 84.5 Å². The first-order valence-corrected chi connectivity index (χ1v) is 9.22. The molecule has 0 fully saturated rings. The van der Waals surface area contributed by atoms with Gasteiger partial charge in [0.1, 0.15) is 0 Å². The SMILES string of the molecule is CO[C@H](CNC(=O)Nc1cccc(S(C)(=O)=O)c1)c1ccccc1. The molecule has 2 N–H and O–H groups in total. The summed E-state index contributed by atoms with van der Waals surface area (Å²) in [5.74, 6) is 0. The number of hydrogen-bond donors (Lipinski definition) is 2. The molecule has 0 saturated carbocycles. The summed E-state index contributed by atoms with van der Waals surface area (Å²) in [5, 5.41) is 5.33. The van der Waals surface area contributed by atoms with Gasteiger partial charge in [-0.2, -0.15) is 0 Å². The molecule has 0 unspecified atom stereocenters. The fraction of sp³-hybridized carbons (Fsp3) is 0.235. The van der Waals surface area contributed by atoms with Crippen LogP contribution in [-0.2, 0) is 14.6 Å². The lowest BCUT2D eigenvalue weighted by atomic mass is 10.1. The van der Waals surface area contributed by atoms with Crippen LogP contribution in [0, 0.1) is 0 Å². The molecule has 2 aromatic rings. The van der Waals surface area contributed by atoms with Crippen LogP contribution in [0.5, 0.6) is 0 Å². The lowest BCUT2D eigenvalue weighted by Crippen LogP contribution is -2.32. The Morgan fingerprint density at radius 1 is 1.12 bits per heavy atom. The smallest absolute Gasteiger partial charge is 0.319 e. The van der Waals surface area contributed by atoms with E-state index in [9.17, 15) is 13.2 Å². The number of benzene rings is 2. The molecule has 0 bridgehead atoms. The molecule has 1 atom stereocenters. The monoisotopic (exact) mass is 348 g/mol. The molecule has 2 amide bonds. The number of rotatable bonds is 6. The van der Waals surface area contributed by atoms with Gasteiger partial charge < -0.3 is 15.4 Å². The van der Waals surface area contributed by atoms with E-state index in [0.29, 0.717) is 5.69 Å². The van der Waals surface area contributed by atoms with Gasteiger partial charge in [0.25, 0.3) is 0 Å². The molecule has 0 saturated heterocycles. The number of ether oxygens (including phenoxy) is 1. The average Bonchev–Trinajstić information content (AvgIpc) is 2.56. The fourth-order valence-electron chi connectivity index (χ4n) is 2.17. The molecule has 6 nitrogen and oxygen atoms in total. The van der Waals surface area contributed by atoms with E-state index < -0.39 is 15.9 Å². The van der Waals surface area contributed by atoms with Gasteiger partial charge in [-0.05, 0) is 23.8 Å². The minimum absolute atomic E-state index is 0.152. The van der Waals surface area contributed by atoms with Crippen LogP contribution in [0.2, 0.25) is 0 Å². The van der Waals surface area contributed by atoms with Gasteiger partial charge in [-0.15, -0.1) is 0 Å². The third-order valence-electron chi connectivity index (χ3n) is 3.42. The normalized spacial score (nSPS) is 12.4. The van der Waals surface area contributed by atoms with Gasteiger partial charge >= 0.3 is 6.03 Å². The summed E-state index contributed by atoms with van der Waals surface area (Å²) in [6.07, 6.45) is 0.856. The first-order chi connectivity index (χ1) is 11.4. The predicted molar refractivity (Wildman–Crippen MR) is 92.8 cm³/mol. The van der Waals surface area contributed by atoms with Gasteiger partial charge in [-0.3, -0.25) is 0 Å². The van der Waals surface area contributed by atoms with Crippen molar-refractivity contribution in [1.29, 1.82) is 0 Å². The number of nitrogens with one attached hydrogen (secondary N) is 2. The molecular weight excluding hydrogens is 328 g/mol. The number of urea groups is 1. The molecule has 24 heavy (non-hydrogen) atoms. The van der Waals surface area contributed by atoms with Crippen LogP contribution in [0.15, 0.2) is 59.5 Å². The minimum Gasteiger partial charge on any atom is -0.375 e. The molecule has 0 aliphatic rings. The van der Waals surface area contributed by atoms with Crippen molar-refractivity contribution in [1.82, 2.24) is 5.32 Å². The molecule has 0 aliphatic heterocycles. The van der Waals surface area contributed by atoms with E-state index in [-0.39, 0.29) is 17.5 Å². The molecule has 0 aromatic heterocycles. The summed E-state index contributed by atoms with van der Waals surface area (Å²) < 4.78 is 28.5. The number of carbonyl (C=O) groups is 1. The molecule has 128 valence electrons. The highest BCUT2D eigenvalue weighted by atomic mass is 32.2. The van der Waals surface area contributed by atoms with Crippen molar-refractivity contribution in [2.75, 3.05) is 25.2 Å². The number of sulfone groups is 1. The summed E-state index contributed by atoms with van der Waals surface area (Å²) in [4.78, 5) is 12.2. The molecule has 0 heterocycles. The van der Waals surface area contributed by atoms with Gasteiger partial charge in [0, 0.05) is 25.6 Å². The molecular formula is C17H20N2O4S. The Hall–Kier alpha value is -2.38. The Labute approximate surface area is 141 Å². The number of carbonyl (C=O) groups excluding carboxylic acids is 1. The second kappa shape index (κ2) is 7.94. The van der Waals surface area contributed by atoms with Crippen molar-refractivity contribution >= 4 is 21.6 Å². The van der Waals surface area contributed by atoms with Crippen LogP contribution in [0.4, 0.5) is 10.5 Å². The highest BCUT2D eigenvalue weighted by Crippen LogP contribution is 2.16. The lowest BCUT2D eigenvalue weighted by molar-refractivity contribution is 0.104. The molecule has 2 rings (SSSR count). The van der Waals surface area contributed by atoms with E-state index in [0.717, 1.165) is 11.8 Å². The second-order valence-electron chi connectivity index (χ2n) is 5.27. The van der Waals surface area contributed by atoms with Crippen LogP contribution < -0.4 is 10.6 Å². The number of methoxy groups -OCH3 is 1. The predicted octanol–water partition coefficient (Wildman–Crippen LogP) is 2.60. The first kappa shape index (κ1) is 18.0. The number of hydrogen-bond acceptors (Lipinski definition) is 4. The molecule has 7 heteroatoms. The van der Waals surface area contributed by atoms with Crippen LogP contribution in [-0.4, -0.2) is 34.4 Å². The Kier molecular flexibility index (Phi) is 5.94. The Morgan fingerprint density at radius 3 is 2.46 bits per heavy atom. The molecule has 0 aliphatic carbocycles. The maximum Gasteiger partial charge on any atom is 0.319 e. The molecule has 2 aromatic carbocycles. The number of anilines is 1. The van der Waals surface area contributed by atoms with E-state index in [1.807, 2.05) is 30.3 Å². The summed E-state index contributed by atoms with van der Waals surface area (Å²) in [7, 11) is -1.74. The zero-order valence-electron chi connectivity index (χ0n) is 13.5. The van der Waals surface area contributed by atoms with Gasteiger partial charge in [0.2, 0.25) is 0 Å². The first-order valence-electron chi connectivity index (χ1n) is 7.33. The second-order valence-corrected chi connectivity index (χ2v) is 7.29. The third kappa shape index (κ3) is 5.07. The average molecular weight is 348 g/mol. The zero-order valence-corrected chi connectivity index (χ0v) is 14.3. The zero-order chi connectivity index (χ0) is 17.6. The van der Waals surface area contributed by atoms with Gasteiger partial charge in [-0.1, -0.05) is 36.4 Å². The lowest BCUT2D eigenvalue weighted by Gasteiger charge is -2.17. The standard InChI is InChI=1S/C17H20N2O4S/c1-23-16(13-7-4-3-5-8-13)12-18-17(20)19-14-9-6-10-15(11-14)24(2,21)22/h3-11,16H,12H2,1-2H3,(H2,18,19,20)/t16-/m1/s1. The van der Waals surface area contributed by atoms with Crippen molar-refractivity contribution < 1.29 is 17.9 Å². The maximum atomic E-state index is 12.0. The maximum absolute atomic E-state index is 12.0. The van der Waals surface area contributed by atoms with Crippen molar-refractivity contribution in [2.24, 2.45) is 0 Å². The van der Waals surface area contributed by atoms with Gasteiger partial charge in [-0.25, -0.2) is 13.2 Å².